The third kappa shape index (κ3) is 4.40. The first kappa shape index (κ1) is 23.4. The van der Waals surface area contributed by atoms with Crippen molar-refractivity contribution in [2.24, 2.45) is 0 Å². The molecule has 3 heterocycles. The van der Waals surface area contributed by atoms with Gasteiger partial charge in [0.2, 0.25) is 0 Å². The molecule has 1 aliphatic rings. The van der Waals surface area contributed by atoms with E-state index in [2.05, 4.69) is 9.97 Å². The fourth-order valence-corrected chi connectivity index (χ4v) is 5.66. The zero-order valence-corrected chi connectivity index (χ0v) is 20.7. The fraction of sp³-hybridized carbons (Fsp3) is 0.217. The number of pyridine rings is 1. The monoisotopic (exact) mass is 529 g/mol. The van der Waals surface area contributed by atoms with E-state index in [1.54, 1.807) is 29.2 Å². The third-order valence-electron chi connectivity index (χ3n) is 5.82. The van der Waals surface area contributed by atoms with Crippen molar-refractivity contribution in [2.45, 2.75) is 6.92 Å². The molecule has 0 bridgehead atoms. The van der Waals surface area contributed by atoms with E-state index < -0.39 is 10.5 Å². The Morgan fingerprint density at radius 1 is 1.03 bits per heavy atom. The Morgan fingerprint density at radius 3 is 2.46 bits per heavy atom. The highest BCUT2D eigenvalue weighted by molar-refractivity contribution is 7.22. The smallest absolute Gasteiger partial charge is 0.288 e. The van der Waals surface area contributed by atoms with Crippen molar-refractivity contribution in [3.8, 4) is 0 Å². The number of nitrogens with zero attached hydrogens (tertiary/aromatic N) is 5. The van der Waals surface area contributed by atoms with E-state index in [9.17, 15) is 19.7 Å². The molecule has 2 aromatic carbocycles. The van der Waals surface area contributed by atoms with Gasteiger partial charge in [-0.05, 0) is 37.3 Å². The molecule has 5 rings (SSSR count). The first-order valence-corrected chi connectivity index (χ1v) is 12.2. The summed E-state index contributed by atoms with van der Waals surface area (Å²) in [6.07, 6.45) is 0. The number of anilines is 1. The molecule has 4 aromatic rings. The zero-order valence-electron chi connectivity index (χ0n) is 18.3. The molecule has 0 aliphatic carbocycles. The lowest BCUT2D eigenvalue weighted by Gasteiger charge is -2.35. The number of non-ortho nitro benzene ring substituents is 1. The van der Waals surface area contributed by atoms with Crippen LogP contribution in [0.25, 0.3) is 21.0 Å². The van der Waals surface area contributed by atoms with Gasteiger partial charge in [0.1, 0.15) is 4.70 Å². The molecule has 12 heteroatoms. The van der Waals surface area contributed by atoms with Crippen molar-refractivity contribution in [2.75, 3.05) is 31.1 Å². The van der Waals surface area contributed by atoms with Gasteiger partial charge in [-0.15, -0.1) is 0 Å². The molecule has 0 atom stereocenters. The minimum atomic E-state index is -0.575. The molecule has 0 saturated carbocycles. The lowest BCUT2D eigenvalue weighted by Crippen LogP contribution is -2.49. The van der Waals surface area contributed by atoms with Crippen LogP contribution < -0.4 is 10.5 Å². The largest absolute Gasteiger partial charge is 0.344 e. The molecule has 35 heavy (non-hydrogen) atoms. The maximum atomic E-state index is 13.4. The first-order chi connectivity index (χ1) is 16.7. The van der Waals surface area contributed by atoms with Crippen LogP contribution in [0.5, 0.6) is 0 Å². The minimum absolute atomic E-state index is 0.107. The maximum absolute atomic E-state index is 13.4. The molecule has 0 spiro atoms. The van der Waals surface area contributed by atoms with E-state index in [1.807, 2.05) is 11.8 Å². The number of carbonyl (C=O) groups excluding carboxylic acids is 1. The maximum Gasteiger partial charge on any atom is 0.288 e. The van der Waals surface area contributed by atoms with Crippen LogP contribution in [0, 0.1) is 17.0 Å². The van der Waals surface area contributed by atoms with Crippen molar-refractivity contribution in [1.82, 2.24) is 14.9 Å². The standard InChI is InChI=1S/C23H17Cl2N5O4S/c1-12-8-16(15-9-13(24)2-3-18(15)26-12)22(32)28-4-6-29(7-5-28)23-27-21(31)17-10-14(25)11-19(30(33)34)20(17)35-23/h2-3,8-11H,4-7H2,1H3. The summed E-state index contributed by atoms with van der Waals surface area (Å²) in [6, 6.07) is 9.65. The first-order valence-electron chi connectivity index (χ1n) is 10.6. The van der Waals surface area contributed by atoms with E-state index in [0.29, 0.717) is 52.8 Å². The number of piperazine rings is 1. The summed E-state index contributed by atoms with van der Waals surface area (Å²) in [4.78, 5) is 49.2. The molecule has 178 valence electrons. The van der Waals surface area contributed by atoms with Gasteiger partial charge in [-0.1, -0.05) is 34.5 Å². The van der Waals surface area contributed by atoms with Crippen LogP contribution in [0.2, 0.25) is 10.0 Å². The number of fused-ring (bicyclic) bond motifs is 2. The Kier molecular flexibility index (Phi) is 6.04. The van der Waals surface area contributed by atoms with Crippen LogP contribution in [0.15, 0.2) is 41.2 Å². The summed E-state index contributed by atoms with van der Waals surface area (Å²) in [5, 5.41) is 13.3. The molecule has 1 amide bonds. The average Bonchev–Trinajstić information content (AvgIpc) is 2.83. The molecule has 9 nitrogen and oxygen atoms in total. The topological polar surface area (TPSA) is 110 Å². The molecule has 1 fully saturated rings. The molecule has 0 unspecified atom stereocenters. The number of rotatable bonds is 3. The van der Waals surface area contributed by atoms with Gasteiger partial charge in [0.15, 0.2) is 5.13 Å². The minimum Gasteiger partial charge on any atom is -0.344 e. The Morgan fingerprint density at radius 2 is 1.74 bits per heavy atom. The summed E-state index contributed by atoms with van der Waals surface area (Å²) < 4.78 is 0.225. The second-order valence-corrected chi connectivity index (χ2v) is 9.96. The summed E-state index contributed by atoms with van der Waals surface area (Å²) in [6.45, 7) is 3.47. The Bertz CT molecular complexity index is 1580. The van der Waals surface area contributed by atoms with Gasteiger partial charge >= 0.3 is 0 Å². The van der Waals surface area contributed by atoms with Crippen molar-refractivity contribution in [3.05, 3.63) is 78.2 Å². The molecule has 1 saturated heterocycles. The number of aryl methyl sites for hydroxylation is 1. The number of hydrogen-bond acceptors (Lipinski definition) is 8. The highest BCUT2D eigenvalue weighted by Crippen LogP contribution is 2.34. The van der Waals surface area contributed by atoms with Gasteiger partial charge in [-0.3, -0.25) is 24.7 Å². The lowest BCUT2D eigenvalue weighted by molar-refractivity contribution is -0.382. The van der Waals surface area contributed by atoms with E-state index in [4.69, 9.17) is 23.2 Å². The highest BCUT2D eigenvalue weighted by Gasteiger charge is 2.26. The number of hydrogen-bond donors (Lipinski definition) is 0. The Labute approximate surface area is 212 Å². The van der Waals surface area contributed by atoms with Gasteiger partial charge in [0.05, 0.1) is 21.4 Å². The van der Waals surface area contributed by atoms with Crippen LogP contribution in [0.3, 0.4) is 0 Å². The van der Waals surface area contributed by atoms with E-state index in [-0.39, 0.29) is 26.7 Å². The third-order valence-corrected chi connectivity index (χ3v) is 7.44. The highest BCUT2D eigenvalue weighted by atomic mass is 35.5. The van der Waals surface area contributed by atoms with Gasteiger partial charge in [-0.25, -0.2) is 0 Å². The molecular formula is C23H17Cl2N5O4S. The summed E-state index contributed by atoms with van der Waals surface area (Å²) in [5.74, 6) is -0.132. The number of benzene rings is 2. The van der Waals surface area contributed by atoms with Crippen LogP contribution >= 0.6 is 34.5 Å². The van der Waals surface area contributed by atoms with Gasteiger partial charge in [-0.2, -0.15) is 4.98 Å². The van der Waals surface area contributed by atoms with Crippen LogP contribution in [0.4, 0.5) is 10.8 Å². The van der Waals surface area contributed by atoms with E-state index in [1.165, 1.54) is 12.1 Å². The zero-order chi connectivity index (χ0) is 24.9. The number of aromatic nitrogens is 2. The Hall–Kier alpha value is -3.34. The molecule has 2 aromatic heterocycles. The van der Waals surface area contributed by atoms with Crippen molar-refractivity contribution < 1.29 is 9.72 Å². The predicted molar refractivity (Wildman–Crippen MR) is 137 cm³/mol. The summed E-state index contributed by atoms with van der Waals surface area (Å²) in [7, 11) is 0. The summed E-state index contributed by atoms with van der Waals surface area (Å²) >= 11 is 13.2. The normalized spacial score (nSPS) is 14.0. The van der Waals surface area contributed by atoms with Crippen molar-refractivity contribution in [1.29, 1.82) is 0 Å². The average molecular weight is 530 g/mol. The Balaban J connectivity index is 1.42. The number of nitro groups is 1. The number of carbonyl (C=O) groups is 1. The van der Waals surface area contributed by atoms with Crippen LogP contribution in [-0.2, 0) is 0 Å². The number of amides is 1. The number of halogens is 2. The van der Waals surface area contributed by atoms with Gasteiger partial charge in [0.25, 0.3) is 17.2 Å². The van der Waals surface area contributed by atoms with Crippen molar-refractivity contribution in [3.63, 3.8) is 0 Å². The second-order valence-electron chi connectivity index (χ2n) is 8.11. The quantitative estimate of drug-likeness (QED) is 0.279. The lowest BCUT2D eigenvalue weighted by atomic mass is 10.1. The molecule has 1 aliphatic heterocycles. The SMILES string of the molecule is Cc1cc(C(=O)N2CCN(c3nc(=O)c4cc(Cl)cc([N+](=O)[O-])c4s3)CC2)c2cc(Cl)ccc2n1. The van der Waals surface area contributed by atoms with E-state index in [0.717, 1.165) is 17.0 Å². The van der Waals surface area contributed by atoms with Crippen molar-refractivity contribution >= 4 is 72.3 Å². The second kappa shape index (κ2) is 9.03. The summed E-state index contributed by atoms with van der Waals surface area (Å²) in [5.41, 5.74) is 1.15. The van der Waals surface area contributed by atoms with Crippen LogP contribution in [-0.4, -0.2) is 51.9 Å². The predicted octanol–water partition coefficient (Wildman–Crippen LogP) is 4.69. The molecule has 0 radical (unpaired) electrons. The number of nitro benzene ring substituents is 1. The molecular weight excluding hydrogens is 513 g/mol. The van der Waals surface area contributed by atoms with Crippen LogP contribution in [0.1, 0.15) is 16.1 Å². The fourth-order valence-electron chi connectivity index (χ4n) is 4.16. The van der Waals surface area contributed by atoms with Gasteiger partial charge in [0, 0.05) is 53.4 Å². The van der Waals surface area contributed by atoms with Gasteiger partial charge < -0.3 is 9.80 Å². The van der Waals surface area contributed by atoms with E-state index >= 15 is 0 Å². The molecule has 0 N–H and O–H groups in total.